The molecule has 2 aromatic rings. The van der Waals surface area contributed by atoms with E-state index < -0.39 is 0 Å². The number of amides is 1. The van der Waals surface area contributed by atoms with Crippen LogP contribution in [0.5, 0.6) is 0 Å². The molecule has 1 aliphatic rings. The molecule has 0 N–H and O–H groups in total. The Labute approximate surface area is 148 Å². The number of rotatable bonds is 3. The van der Waals surface area contributed by atoms with E-state index in [1.165, 1.54) is 17.4 Å². The summed E-state index contributed by atoms with van der Waals surface area (Å²) < 4.78 is 14.5. The molecule has 3 nitrogen and oxygen atoms in total. The fourth-order valence-electron chi connectivity index (χ4n) is 2.60. The molecule has 122 valence electrons. The van der Waals surface area contributed by atoms with E-state index >= 15 is 0 Å². The molecular formula is C16H15Cl2FN2OS. The van der Waals surface area contributed by atoms with Gasteiger partial charge in [-0.3, -0.25) is 9.69 Å². The summed E-state index contributed by atoms with van der Waals surface area (Å²) in [7, 11) is 0. The van der Waals surface area contributed by atoms with Crippen LogP contribution in [0.4, 0.5) is 4.39 Å². The molecule has 1 aromatic heterocycles. The van der Waals surface area contributed by atoms with Crippen molar-refractivity contribution in [1.82, 2.24) is 9.80 Å². The first-order valence-corrected chi connectivity index (χ1v) is 8.81. The average molecular weight is 373 g/mol. The number of carbonyl (C=O) groups excluding carboxylic acids is 1. The Hall–Kier alpha value is -1.14. The summed E-state index contributed by atoms with van der Waals surface area (Å²) in [6, 6.07) is 8.20. The molecular weight excluding hydrogens is 358 g/mol. The van der Waals surface area contributed by atoms with Gasteiger partial charge in [0.05, 0.1) is 9.21 Å². The van der Waals surface area contributed by atoms with E-state index in [9.17, 15) is 9.18 Å². The van der Waals surface area contributed by atoms with Gasteiger partial charge in [0.15, 0.2) is 0 Å². The Bertz CT molecular complexity index is 694. The van der Waals surface area contributed by atoms with E-state index in [-0.39, 0.29) is 11.7 Å². The van der Waals surface area contributed by atoms with Gasteiger partial charge in [0.1, 0.15) is 5.82 Å². The van der Waals surface area contributed by atoms with E-state index in [1.807, 2.05) is 4.90 Å². The molecule has 0 aliphatic carbocycles. The van der Waals surface area contributed by atoms with Crippen molar-refractivity contribution in [3.63, 3.8) is 0 Å². The molecule has 0 atom stereocenters. The van der Waals surface area contributed by atoms with Crippen molar-refractivity contribution in [3.8, 4) is 0 Å². The first-order chi connectivity index (χ1) is 11.0. The van der Waals surface area contributed by atoms with E-state index in [1.54, 1.807) is 24.3 Å². The van der Waals surface area contributed by atoms with Crippen LogP contribution in [0.3, 0.4) is 0 Å². The van der Waals surface area contributed by atoms with Crippen molar-refractivity contribution in [3.05, 3.63) is 55.9 Å². The summed E-state index contributed by atoms with van der Waals surface area (Å²) in [5.41, 5.74) is 0.513. The zero-order valence-electron chi connectivity index (χ0n) is 12.3. The van der Waals surface area contributed by atoms with Crippen molar-refractivity contribution in [2.75, 3.05) is 26.2 Å². The number of hydrogen-bond donors (Lipinski definition) is 0. The van der Waals surface area contributed by atoms with Crippen molar-refractivity contribution < 1.29 is 9.18 Å². The van der Waals surface area contributed by atoms with Gasteiger partial charge in [-0.05, 0) is 24.3 Å². The smallest absolute Gasteiger partial charge is 0.264 e. The molecule has 1 saturated heterocycles. The Morgan fingerprint density at radius 2 is 1.87 bits per heavy atom. The molecule has 0 bridgehead atoms. The van der Waals surface area contributed by atoms with Gasteiger partial charge in [-0.1, -0.05) is 29.3 Å². The highest BCUT2D eigenvalue weighted by atomic mass is 35.5. The summed E-state index contributed by atoms with van der Waals surface area (Å²) in [6.45, 7) is 3.06. The van der Waals surface area contributed by atoms with Crippen LogP contribution in [0.25, 0.3) is 0 Å². The van der Waals surface area contributed by atoms with E-state index in [4.69, 9.17) is 23.2 Å². The largest absolute Gasteiger partial charge is 0.335 e. The number of nitrogens with zero attached hydrogens (tertiary/aromatic N) is 2. The van der Waals surface area contributed by atoms with Gasteiger partial charge >= 0.3 is 0 Å². The molecule has 0 saturated carbocycles. The Kier molecular flexibility index (Phi) is 5.21. The monoisotopic (exact) mass is 372 g/mol. The maximum absolute atomic E-state index is 13.8. The van der Waals surface area contributed by atoms with Crippen LogP contribution in [0.2, 0.25) is 9.36 Å². The van der Waals surface area contributed by atoms with E-state index in [0.717, 1.165) is 0 Å². The van der Waals surface area contributed by atoms with Crippen molar-refractivity contribution >= 4 is 40.4 Å². The highest BCUT2D eigenvalue weighted by Crippen LogP contribution is 2.24. The fraction of sp³-hybridized carbons (Fsp3) is 0.312. The van der Waals surface area contributed by atoms with Crippen molar-refractivity contribution in [1.29, 1.82) is 0 Å². The normalized spacial score (nSPS) is 15.9. The van der Waals surface area contributed by atoms with Crippen LogP contribution in [-0.2, 0) is 6.54 Å². The van der Waals surface area contributed by atoms with E-state index in [2.05, 4.69) is 4.90 Å². The van der Waals surface area contributed by atoms with Crippen molar-refractivity contribution in [2.24, 2.45) is 0 Å². The minimum atomic E-state index is -0.288. The maximum atomic E-state index is 13.8. The van der Waals surface area contributed by atoms with Crippen LogP contribution < -0.4 is 0 Å². The number of halogens is 3. The molecule has 0 spiro atoms. The summed E-state index contributed by atoms with van der Waals surface area (Å²) >= 11 is 13.2. The third-order valence-electron chi connectivity index (χ3n) is 3.89. The van der Waals surface area contributed by atoms with Crippen LogP contribution in [0.1, 0.15) is 15.2 Å². The minimum Gasteiger partial charge on any atom is -0.335 e. The number of benzene rings is 1. The van der Waals surface area contributed by atoms with Gasteiger partial charge in [0, 0.05) is 43.3 Å². The first-order valence-electron chi connectivity index (χ1n) is 7.24. The second kappa shape index (κ2) is 7.18. The van der Waals surface area contributed by atoms with Gasteiger partial charge in [0.25, 0.3) is 5.91 Å². The highest BCUT2D eigenvalue weighted by molar-refractivity contribution is 7.17. The molecule has 1 aliphatic heterocycles. The highest BCUT2D eigenvalue weighted by Gasteiger charge is 2.24. The Morgan fingerprint density at radius 3 is 2.48 bits per heavy atom. The van der Waals surface area contributed by atoms with Crippen LogP contribution in [0.15, 0.2) is 30.3 Å². The second-order valence-corrected chi connectivity index (χ2v) is 7.49. The number of carbonyl (C=O) groups is 1. The van der Waals surface area contributed by atoms with Gasteiger partial charge in [-0.25, -0.2) is 4.39 Å². The molecule has 2 heterocycles. The van der Waals surface area contributed by atoms with Crippen LogP contribution >= 0.6 is 34.5 Å². The lowest BCUT2D eigenvalue weighted by Gasteiger charge is -2.34. The van der Waals surface area contributed by atoms with Crippen LogP contribution in [-0.4, -0.2) is 41.9 Å². The van der Waals surface area contributed by atoms with E-state index in [0.29, 0.717) is 52.5 Å². The molecule has 7 heteroatoms. The van der Waals surface area contributed by atoms with Crippen molar-refractivity contribution in [2.45, 2.75) is 6.54 Å². The summed E-state index contributed by atoms with van der Waals surface area (Å²) in [6.07, 6.45) is 0. The summed E-state index contributed by atoms with van der Waals surface area (Å²) in [5, 5.41) is 0.441. The SMILES string of the molecule is O=C(c1ccc(Cl)s1)N1CCN(Cc2c(F)cccc2Cl)CC1. The quantitative estimate of drug-likeness (QED) is 0.807. The van der Waals surface area contributed by atoms with Gasteiger partial charge < -0.3 is 4.90 Å². The predicted octanol–water partition coefficient (Wildman–Crippen LogP) is 4.15. The number of hydrogen-bond acceptors (Lipinski definition) is 3. The second-order valence-electron chi connectivity index (χ2n) is 5.37. The summed E-state index contributed by atoms with van der Waals surface area (Å²) in [5.74, 6) is -0.283. The molecule has 0 unspecified atom stereocenters. The van der Waals surface area contributed by atoms with Gasteiger partial charge in [0.2, 0.25) is 0 Å². The fourth-order valence-corrected chi connectivity index (χ4v) is 3.83. The third kappa shape index (κ3) is 3.86. The molecule has 0 radical (unpaired) electrons. The number of piperazine rings is 1. The Balaban J connectivity index is 1.59. The lowest BCUT2D eigenvalue weighted by atomic mass is 10.2. The molecule has 1 aromatic carbocycles. The zero-order chi connectivity index (χ0) is 16.4. The standard InChI is InChI=1S/C16H15Cl2FN2OS/c17-12-2-1-3-13(19)11(12)10-20-6-8-21(9-7-20)16(22)14-4-5-15(18)23-14/h1-5H,6-10H2. The van der Waals surface area contributed by atoms with Crippen LogP contribution in [0, 0.1) is 5.82 Å². The first kappa shape index (κ1) is 16.7. The molecule has 23 heavy (non-hydrogen) atoms. The van der Waals surface area contributed by atoms with Gasteiger partial charge in [-0.2, -0.15) is 0 Å². The minimum absolute atomic E-state index is 0.00507. The lowest BCUT2D eigenvalue weighted by Crippen LogP contribution is -2.48. The third-order valence-corrected chi connectivity index (χ3v) is 5.46. The van der Waals surface area contributed by atoms with Gasteiger partial charge in [-0.15, -0.1) is 11.3 Å². The Morgan fingerprint density at radius 1 is 1.13 bits per heavy atom. The summed E-state index contributed by atoms with van der Waals surface area (Å²) in [4.78, 5) is 16.9. The number of thiophene rings is 1. The predicted molar refractivity (Wildman–Crippen MR) is 91.9 cm³/mol. The topological polar surface area (TPSA) is 23.6 Å². The molecule has 3 rings (SSSR count). The zero-order valence-corrected chi connectivity index (χ0v) is 14.6. The maximum Gasteiger partial charge on any atom is 0.264 e. The molecule has 1 amide bonds. The average Bonchev–Trinajstić information content (AvgIpc) is 2.97. The molecule has 1 fully saturated rings. The lowest BCUT2D eigenvalue weighted by molar-refractivity contribution is 0.0632.